The van der Waals surface area contributed by atoms with Crippen LogP contribution in [-0.4, -0.2) is 42.8 Å². The highest BCUT2D eigenvalue weighted by atomic mass is 16.5. The van der Waals surface area contributed by atoms with Gasteiger partial charge in [0.2, 0.25) is 0 Å². The van der Waals surface area contributed by atoms with Crippen LogP contribution in [0.5, 0.6) is 0 Å². The van der Waals surface area contributed by atoms with Gasteiger partial charge in [-0.2, -0.15) is 0 Å². The van der Waals surface area contributed by atoms with Crippen LogP contribution in [0.15, 0.2) is 0 Å². The van der Waals surface area contributed by atoms with Crippen LogP contribution < -0.4 is 5.73 Å². The van der Waals surface area contributed by atoms with E-state index in [-0.39, 0.29) is 18.2 Å². The van der Waals surface area contributed by atoms with E-state index in [9.17, 15) is 0 Å². The fourth-order valence-electron chi connectivity index (χ4n) is 1.78. The number of hydrogen-bond acceptors (Lipinski definition) is 3. The largest absolute Gasteiger partial charge is 0.374 e. The van der Waals surface area contributed by atoms with Gasteiger partial charge >= 0.3 is 0 Å². The number of nitrogens with two attached hydrogens (primary N) is 1. The monoisotopic (exact) mass is 196 g/mol. The number of ether oxygens (including phenoxy) is 1. The lowest BCUT2D eigenvalue weighted by Crippen LogP contribution is -2.52. The summed E-state index contributed by atoms with van der Waals surface area (Å²) in [6.45, 7) is 6.61. The van der Waals surface area contributed by atoms with E-state index in [4.69, 9.17) is 16.9 Å². The molecular weight excluding hydrogens is 176 g/mol. The summed E-state index contributed by atoms with van der Waals surface area (Å²) in [5.74, 6) is 2.81. The average Bonchev–Trinajstić information content (AvgIpc) is 2.20. The third kappa shape index (κ3) is 2.71. The lowest BCUT2D eigenvalue weighted by Gasteiger charge is -2.37. The van der Waals surface area contributed by atoms with E-state index in [0.717, 1.165) is 26.1 Å². The van der Waals surface area contributed by atoms with Crippen LogP contribution in [0.25, 0.3) is 0 Å². The van der Waals surface area contributed by atoms with Gasteiger partial charge in [-0.25, -0.2) is 0 Å². The molecule has 1 saturated heterocycles. The summed E-state index contributed by atoms with van der Waals surface area (Å²) in [6, 6.07) is 0.313. The van der Waals surface area contributed by atoms with E-state index in [1.165, 1.54) is 0 Å². The minimum Gasteiger partial charge on any atom is -0.374 e. The molecule has 0 aliphatic carbocycles. The molecule has 2 N–H and O–H groups in total. The van der Waals surface area contributed by atoms with Crippen molar-refractivity contribution in [2.24, 2.45) is 5.73 Å². The third-order valence-corrected chi connectivity index (χ3v) is 2.73. The van der Waals surface area contributed by atoms with E-state index >= 15 is 0 Å². The summed E-state index contributed by atoms with van der Waals surface area (Å²) in [5.41, 5.74) is 5.81. The van der Waals surface area contributed by atoms with Crippen molar-refractivity contribution in [1.29, 1.82) is 0 Å². The van der Waals surface area contributed by atoms with E-state index < -0.39 is 0 Å². The predicted molar refractivity (Wildman–Crippen MR) is 57.9 cm³/mol. The summed E-state index contributed by atoms with van der Waals surface area (Å²) >= 11 is 0. The summed E-state index contributed by atoms with van der Waals surface area (Å²) < 4.78 is 5.57. The quantitative estimate of drug-likeness (QED) is 0.666. The van der Waals surface area contributed by atoms with Gasteiger partial charge in [-0.15, -0.1) is 6.42 Å². The van der Waals surface area contributed by atoms with Gasteiger partial charge in [0.1, 0.15) is 0 Å². The van der Waals surface area contributed by atoms with Crippen LogP contribution in [0.2, 0.25) is 0 Å². The Morgan fingerprint density at radius 3 is 2.93 bits per heavy atom. The van der Waals surface area contributed by atoms with Crippen molar-refractivity contribution in [2.45, 2.75) is 38.5 Å². The Balaban J connectivity index is 2.51. The molecule has 14 heavy (non-hydrogen) atoms. The molecule has 0 saturated carbocycles. The zero-order chi connectivity index (χ0) is 10.6. The Kier molecular flexibility index (Phi) is 4.40. The first kappa shape index (κ1) is 11.5. The lowest BCUT2D eigenvalue weighted by molar-refractivity contribution is -0.0450. The molecule has 3 atom stereocenters. The fraction of sp³-hybridized carbons (Fsp3) is 0.818. The number of terminal acetylenes is 1. The van der Waals surface area contributed by atoms with Crippen LogP contribution in [0.1, 0.15) is 20.3 Å². The molecule has 0 aromatic carbocycles. The maximum atomic E-state index is 5.81. The van der Waals surface area contributed by atoms with Gasteiger partial charge in [-0.05, 0) is 13.3 Å². The van der Waals surface area contributed by atoms with Crippen LogP contribution in [0.4, 0.5) is 0 Å². The van der Waals surface area contributed by atoms with Crippen molar-refractivity contribution in [3.05, 3.63) is 0 Å². The highest BCUT2D eigenvalue weighted by molar-refractivity contribution is 5.00. The highest BCUT2D eigenvalue weighted by Gasteiger charge is 2.26. The molecule has 80 valence electrons. The molecule has 1 fully saturated rings. The van der Waals surface area contributed by atoms with Gasteiger partial charge in [0.25, 0.3) is 0 Å². The van der Waals surface area contributed by atoms with Gasteiger partial charge < -0.3 is 10.5 Å². The third-order valence-electron chi connectivity index (χ3n) is 2.73. The molecule has 0 aromatic heterocycles. The molecule has 0 radical (unpaired) electrons. The van der Waals surface area contributed by atoms with Crippen molar-refractivity contribution in [2.75, 3.05) is 19.7 Å². The fourth-order valence-corrected chi connectivity index (χ4v) is 1.78. The molecule has 1 aliphatic heterocycles. The Morgan fingerprint density at radius 2 is 2.43 bits per heavy atom. The van der Waals surface area contributed by atoms with Gasteiger partial charge in [-0.1, -0.05) is 12.8 Å². The second-order valence-electron chi connectivity index (χ2n) is 3.85. The molecule has 0 spiro atoms. The first-order chi connectivity index (χ1) is 6.69. The molecule has 3 unspecified atom stereocenters. The molecule has 1 aliphatic rings. The Morgan fingerprint density at radius 1 is 1.71 bits per heavy atom. The zero-order valence-electron chi connectivity index (χ0n) is 9.07. The first-order valence-electron chi connectivity index (χ1n) is 5.26. The standard InChI is InChI=1S/C11H20N2O/c1-4-10(5-2)13-6-7-14-11(8-13)9(3)12/h1,9-11H,5-8,12H2,2-3H3. The topological polar surface area (TPSA) is 38.5 Å². The van der Waals surface area contributed by atoms with Crippen molar-refractivity contribution < 1.29 is 4.74 Å². The Labute approximate surface area is 86.6 Å². The Hall–Kier alpha value is -0.560. The van der Waals surface area contributed by atoms with Crippen molar-refractivity contribution >= 4 is 0 Å². The second-order valence-corrected chi connectivity index (χ2v) is 3.85. The molecule has 1 rings (SSSR count). The van der Waals surface area contributed by atoms with Crippen molar-refractivity contribution in [3.8, 4) is 12.3 Å². The summed E-state index contributed by atoms with van der Waals surface area (Å²) in [6.07, 6.45) is 6.59. The normalized spacial score (nSPS) is 28.0. The van der Waals surface area contributed by atoms with Crippen molar-refractivity contribution in [3.63, 3.8) is 0 Å². The van der Waals surface area contributed by atoms with Crippen LogP contribution in [0.3, 0.4) is 0 Å². The molecular formula is C11H20N2O. The molecule has 0 aromatic rings. The molecule has 0 amide bonds. The molecule has 3 nitrogen and oxygen atoms in total. The molecule has 0 bridgehead atoms. The zero-order valence-corrected chi connectivity index (χ0v) is 9.07. The number of hydrogen-bond donors (Lipinski definition) is 1. The van der Waals surface area contributed by atoms with Crippen molar-refractivity contribution in [1.82, 2.24) is 4.90 Å². The van der Waals surface area contributed by atoms with E-state index in [2.05, 4.69) is 17.7 Å². The van der Waals surface area contributed by atoms with Gasteiger partial charge in [0, 0.05) is 19.1 Å². The summed E-state index contributed by atoms with van der Waals surface area (Å²) in [4.78, 5) is 2.29. The van der Waals surface area contributed by atoms with Crippen LogP contribution >= 0.6 is 0 Å². The first-order valence-corrected chi connectivity index (χ1v) is 5.26. The minimum absolute atomic E-state index is 0.0769. The maximum Gasteiger partial charge on any atom is 0.0850 e. The van der Waals surface area contributed by atoms with Gasteiger partial charge in [-0.3, -0.25) is 4.90 Å². The summed E-state index contributed by atoms with van der Waals surface area (Å²) in [5, 5.41) is 0. The van der Waals surface area contributed by atoms with E-state index in [1.54, 1.807) is 0 Å². The minimum atomic E-state index is 0.0769. The number of rotatable bonds is 3. The molecule has 3 heteroatoms. The molecule has 1 heterocycles. The van der Waals surface area contributed by atoms with Crippen LogP contribution in [-0.2, 0) is 4.74 Å². The number of nitrogens with zero attached hydrogens (tertiary/aromatic N) is 1. The number of morpholine rings is 1. The van der Waals surface area contributed by atoms with Crippen LogP contribution in [0, 0.1) is 12.3 Å². The van der Waals surface area contributed by atoms with Gasteiger partial charge in [0.05, 0.1) is 18.8 Å². The lowest BCUT2D eigenvalue weighted by atomic mass is 10.1. The average molecular weight is 196 g/mol. The summed E-state index contributed by atoms with van der Waals surface area (Å²) in [7, 11) is 0. The maximum absolute atomic E-state index is 5.81. The van der Waals surface area contributed by atoms with Gasteiger partial charge in [0.15, 0.2) is 0 Å². The highest BCUT2D eigenvalue weighted by Crippen LogP contribution is 2.12. The second kappa shape index (κ2) is 5.35. The Bertz CT molecular complexity index is 210. The smallest absolute Gasteiger partial charge is 0.0850 e. The van der Waals surface area contributed by atoms with E-state index in [1.807, 2.05) is 6.92 Å². The predicted octanol–water partition coefficient (Wildman–Crippen LogP) is 0.446. The SMILES string of the molecule is C#CC(CC)N1CCOC(C(C)N)C1. The van der Waals surface area contributed by atoms with E-state index in [0.29, 0.717) is 0 Å².